The molecule has 1 aromatic rings. The molecular weight excluding hydrogens is 186 g/mol. The van der Waals surface area contributed by atoms with Crippen LogP contribution in [0.1, 0.15) is 52.2 Å². The zero-order valence-corrected chi connectivity index (χ0v) is 10.8. The highest BCUT2D eigenvalue weighted by molar-refractivity contribution is 5.12. The topological polar surface area (TPSA) is 29.9 Å². The predicted octanol–water partition coefficient (Wildman–Crippen LogP) is 2.48. The molecule has 0 saturated carbocycles. The predicted molar refractivity (Wildman–Crippen MR) is 64.1 cm³/mol. The molecule has 1 N–H and O–H groups in total. The van der Waals surface area contributed by atoms with Gasteiger partial charge in [0, 0.05) is 24.2 Å². The molecule has 1 aromatic heterocycles. The minimum absolute atomic E-state index is 0.107. The lowest BCUT2D eigenvalue weighted by atomic mass is 9.95. The molecule has 0 aliphatic carbocycles. The minimum atomic E-state index is 0.107. The molecule has 0 aliphatic rings. The van der Waals surface area contributed by atoms with Gasteiger partial charge in [-0.3, -0.25) is 0 Å². The lowest BCUT2D eigenvalue weighted by Crippen LogP contribution is -2.19. The van der Waals surface area contributed by atoms with Crippen LogP contribution in [0, 0.1) is 0 Å². The number of nitrogens with one attached hydrogen (secondary N) is 1. The highest BCUT2D eigenvalue weighted by Crippen LogP contribution is 2.24. The molecule has 3 heteroatoms. The number of hydrogen-bond donors (Lipinski definition) is 1. The third-order valence-corrected chi connectivity index (χ3v) is 2.37. The van der Waals surface area contributed by atoms with Crippen molar-refractivity contribution in [3.8, 4) is 0 Å². The molecule has 0 aromatic carbocycles. The fraction of sp³-hybridized carbons (Fsp3) is 0.750. The van der Waals surface area contributed by atoms with Gasteiger partial charge in [-0.2, -0.15) is 0 Å². The molecule has 86 valence electrons. The van der Waals surface area contributed by atoms with E-state index in [1.807, 2.05) is 7.05 Å². The molecule has 1 heterocycles. The summed E-state index contributed by atoms with van der Waals surface area (Å²) in [5, 5.41) is 3.14. The van der Waals surface area contributed by atoms with Gasteiger partial charge in [0.25, 0.3) is 0 Å². The van der Waals surface area contributed by atoms with E-state index < -0.39 is 0 Å². The lowest BCUT2D eigenvalue weighted by molar-refractivity contribution is 0.469. The van der Waals surface area contributed by atoms with E-state index in [2.05, 4.69) is 50.7 Å². The van der Waals surface area contributed by atoms with Gasteiger partial charge in [0.15, 0.2) is 0 Å². The van der Waals surface area contributed by atoms with Crippen LogP contribution in [-0.4, -0.2) is 16.6 Å². The van der Waals surface area contributed by atoms with Gasteiger partial charge in [0.2, 0.25) is 0 Å². The second kappa shape index (κ2) is 4.35. The van der Waals surface area contributed by atoms with Gasteiger partial charge in [0.05, 0.1) is 5.69 Å². The Morgan fingerprint density at radius 2 is 2.00 bits per heavy atom. The van der Waals surface area contributed by atoms with Crippen molar-refractivity contribution in [1.29, 1.82) is 0 Å². The second-order valence-electron chi connectivity index (χ2n) is 5.34. The first kappa shape index (κ1) is 12.2. The first-order valence-corrected chi connectivity index (χ1v) is 5.59. The summed E-state index contributed by atoms with van der Waals surface area (Å²) in [6, 6.07) is 0.470. The summed E-state index contributed by atoms with van der Waals surface area (Å²) in [7, 11) is 1.95. The summed E-state index contributed by atoms with van der Waals surface area (Å²) in [6.07, 6.45) is 2.15. The zero-order valence-electron chi connectivity index (χ0n) is 10.8. The van der Waals surface area contributed by atoms with Crippen LogP contribution in [0.5, 0.6) is 0 Å². The van der Waals surface area contributed by atoms with Crippen LogP contribution in [0.2, 0.25) is 0 Å². The van der Waals surface area contributed by atoms with Crippen LogP contribution in [0.15, 0.2) is 6.20 Å². The molecule has 0 bridgehead atoms. The monoisotopic (exact) mass is 209 g/mol. The Bertz CT molecular complexity index is 318. The largest absolute Gasteiger partial charge is 0.332 e. The van der Waals surface area contributed by atoms with Crippen molar-refractivity contribution in [3.05, 3.63) is 17.7 Å². The Morgan fingerprint density at radius 3 is 2.33 bits per heavy atom. The van der Waals surface area contributed by atoms with Gasteiger partial charge in [-0.25, -0.2) is 4.98 Å². The number of hydrogen-bond acceptors (Lipinski definition) is 2. The number of nitrogens with zero attached hydrogens (tertiary/aromatic N) is 2. The third kappa shape index (κ3) is 2.81. The van der Waals surface area contributed by atoms with Crippen molar-refractivity contribution in [2.45, 2.75) is 52.6 Å². The van der Waals surface area contributed by atoms with Crippen molar-refractivity contribution >= 4 is 0 Å². The van der Waals surface area contributed by atoms with Crippen molar-refractivity contribution in [2.24, 2.45) is 0 Å². The molecule has 15 heavy (non-hydrogen) atoms. The van der Waals surface area contributed by atoms with Crippen molar-refractivity contribution < 1.29 is 0 Å². The van der Waals surface area contributed by atoms with E-state index >= 15 is 0 Å². The summed E-state index contributed by atoms with van der Waals surface area (Å²) in [5.41, 5.74) is 1.23. The quantitative estimate of drug-likeness (QED) is 0.829. The van der Waals surface area contributed by atoms with Gasteiger partial charge >= 0.3 is 0 Å². The Labute approximate surface area is 92.9 Å². The van der Waals surface area contributed by atoms with E-state index in [1.165, 1.54) is 5.82 Å². The van der Waals surface area contributed by atoms with Crippen LogP contribution in [0.4, 0.5) is 0 Å². The van der Waals surface area contributed by atoms with E-state index in [9.17, 15) is 0 Å². The molecule has 0 aliphatic heterocycles. The highest BCUT2D eigenvalue weighted by Gasteiger charge is 2.22. The second-order valence-corrected chi connectivity index (χ2v) is 5.34. The lowest BCUT2D eigenvalue weighted by Gasteiger charge is -2.21. The third-order valence-electron chi connectivity index (χ3n) is 2.37. The van der Waals surface area contributed by atoms with Crippen LogP contribution in [-0.2, 0) is 12.0 Å². The summed E-state index contributed by atoms with van der Waals surface area (Å²) in [5.74, 6) is 1.17. The average molecular weight is 209 g/mol. The maximum Gasteiger partial charge on any atom is 0.114 e. The first-order chi connectivity index (χ1) is 6.86. The Kier molecular flexibility index (Phi) is 3.55. The molecular formula is C12H23N3. The van der Waals surface area contributed by atoms with Gasteiger partial charge in [0.1, 0.15) is 5.82 Å². The first-order valence-electron chi connectivity index (χ1n) is 5.59. The number of rotatable bonds is 3. The van der Waals surface area contributed by atoms with Crippen LogP contribution >= 0.6 is 0 Å². The molecule has 0 atom stereocenters. The van der Waals surface area contributed by atoms with E-state index in [0.717, 1.165) is 12.2 Å². The zero-order chi connectivity index (χ0) is 11.6. The Hall–Kier alpha value is -0.830. The van der Waals surface area contributed by atoms with E-state index in [1.54, 1.807) is 0 Å². The smallest absolute Gasteiger partial charge is 0.114 e. The fourth-order valence-corrected chi connectivity index (χ4v) is 1.66. The fourth-order valence-electron chi connectivity index (χ4n) is 1.66. The molecule has 0 radical (unpaired) electrons. The molecule has 1 rings (SSSR count). The molecule has 0 spiro atoms. The Balaban J connectivity index is 3.12. The Morgan fingerprint density at radius 1 is 1.40 bits per heavy atom. The van der Waals surface area contributed by atoms with Gasteiger partial charge in [-0.15, -0.1) is 0 Å². The minimum Gasteiger partial charge on any atom is -0.332 e. The van der Waals surface area contributed by atoms with Crippen LogP contribution < -0.4 is 5.32 Å². The van der Waals surface area contributed by atoms with E-state index in [0.29, 0.717) is 6.04 Å². The standard InChI is InChI=1S/C12H23N3/c1-9(2)15-8-10(7-13-6)14-11(15)12(3,4)5/h8-9,13H,7H2,1-6H3. The van der Waals surface area contributed by atoms with E-state index in [-0.39, 0.29) is 5.41 Å². The van der Waals surface area contributed by atoms with Crippen LogP contribution in [0.3, 0.4) is 0 Å². The van der Waals surface area contributed by atoms with Gasteiger partial charge in [-0.05, 0) is 20.9 Å². The summed E-state index contributed by atoms with van der Waals surface area (Å²) >= 11 is 0. The molecule has 0 amide bonds. The maximum atomic E-state index is 4.69. The van der Waals surface area contributed by atoms with Crippen molar-refractivity contribution in [2.75, 3.05) is 7.05 Å². The van der Waals surface area contributed by atoms with Gasteiger partial charge in [-0.1, -0.05) is 20.8 Å². The highest BCUT2D eigenvalue weighted by atomic mass is 15.1. The summed E-state index contributed by atoms with van der Waals surface area (Å²) < 4.78 is 2.27. The summed E-state index contributed by atoms with van der Waals surface area (Å²) in [6.45, 7) is 11.8. The molecule has 0 unspecified atom stereocenters. The van der Waals surface area contributed by atoms with Crippen LogP contribution in [0.25, 0.3) is 0 Å². The van der Waals surface area contributed by atoms with Gasteiger partial charge < -0.3 is 9.88 Å². The van der Waals surface area contributed by atoms with E-state index in [4.69, 9.17) is 4.98 Å². The molecule has 0 saturated heterocycles. The van der Waals surface area contributed by atoms with Crippen molar-refractivity contribution in [1.82, 2.24) is 14.9 Å². The maximum absolute atomic E-state index is 4.69. The number of imidazole rings is 1. The SMILES string of the molecule is CNCc1cn(C(C)C)c(C(C)(C)C)n1. The summed E-state index contributed by atoms with van der Waals surface area (Å²) in [4.78, 5) is 4.69. The normalized spacial score (nSPS) is 12.5. The molecule has 0 fully saturated rings. The van der Waals surface area contributed by atoms with Crippen molar-refractivity contribution in [3.63, 3.8) is 0 Å². The molecule has 3 nitrogen and oxygen atoms in total. The average Bonchev–Trinajstić information content (AvgIpc) is 2.48. The number of aromatic nitrogens is 2.